The van der Waals surface area contributed by atoms with Gasteiger partial charge in [0.2, 0.25) is 0 Å². The topological polar surface area (TPSA) is 56.7 Å². The fourth-order valence-corrected chi connectivity index (χ4v) is 2.48. The van der Waals surface area contributed by atoms with Gasteiger partial charge in [0.1, 0.15) is 0 Å². The molecule has 0 radical (unpaired) electrons. The van der Waals surface area contributed by atoms with Gasteiger partial charge in [0.05, 0.1) is 12.1 Å². The van der Waals surface area contributed by atoms with Gasteiger partial charge >= 0.3 is 6.18 Å². The molecule has 2 rings (SSSR count). The molecule has 0 aliphatic heterocycles. The quantitative estimate of drug-likeness (QED) is 0.458. The second kappa shape index (κ2) is 10.3. The van der Waals surface area contributed by atoms with Gasteiger partial charge < -0.3 is 15.5 Å². The lowest BCUT2D eigenvalue weighted by atomic mass is 10.1. The highest BCUT2D eigenvalue weighted by molar-refractivity contribution is 5.93. The van der Waals surface area contributed by atoms with Crippen molar-refractivity contribution in [3.8, 4) is 11.8 Å². The summed E-state index contributed by atoms with van der Waals surface area (Å²) in [5, 5.41) is 6.09. The first-order chi connectivity index (χ1) is 14.2. The zero-order valence-corrected chi connectivity index (χ0v) is 17.0. The Morgan fingerprint density at radius 2 is 1.80 bits per heavy atom. The molecule has 5 nitrogen and oxygen atoms in total. The molecule has 0 bridgehead atoms. The molecule has 0 saturated heterocycles. The number of amides is 1. The Bertz CT molecular complexity index is 955. The maximum absolute atomic E-state index is 12.7. The molecule has 0 aliphatic carbocycles. The molecule has 0 unspecified atom stereocenters. The van der Waals surface area contributed by atoms with Crippen LogP contribution in [0.2, 0.25) is 0 Å². The molecule has 2 aromatic rings. The summed E-state index contributed by atoms with van der Waals surface area (Å²) >= 11 is 0. The van der Waals surface area contributed by atoms with Crippen LogP contribution in [0.4, 0.5) is 13.2 Å². The largest absolute Gasteiger partial charge is 0.416 e. The summed E-state index contributed by atoms with van der Waals surface area (Å²) in [7, 11) is 5.00. The smallest absolute Gasteiger partial charge is 0.352 e. The third-order valence-corrected chi connectivity index (χ3v) is 4.06. The van der Waals surface area contributed by atoms with E-state index in [0.717, 1.165) is 17.7 Å². The zero-order chi connectivity index (χ0) is 22.1. The SMILES string of the molecule is CN=C(NCC#Cc1cccc(C(F)(F)F)c1)NCc1ccc(C(=O)N(C)C)cc1. The van der Waals surface area contributed by atoms with Crippen LogP contribution < -0.4 is 10.6 Å². The minimum Gasteiger partial charge on any atom is -0.352 e. The third kappa shape index (κ3) is 6.85. The minimum atomic E-state index is -4.39. The normalized spacial score (nSPS) is 11.3. The number of carbonyl (C=O) groups is 1. The van der Waals surface area contributed by atoms with Gasteiger partial charge in [0.25, 0.3) is 5.91 Å². The van der Waals surface area contributed by atoms with E-state index >= 15 is 0 Å². The number of carbonyl (C=O) groups excluding carboxylic acids is 1. The Balaban J connectivity index is 1.87. The first kappa shape index (κ1) is 22.8. The van der Waals surface area contributed by atoms with Crippen molar-refractivity contribution in [2.75, 3.05) is 27.7 Å². The lowest BCUT2D eigenvalue weighted by Gasteiger charge is -2.12. The summed E-state index contributed by atoms with van der Waals surface area (Å²) in [6, 6.07) is 12.1. The van der Waals surface area contributed by atoms with E-state index in [1.54, 1.807) is 33.3 Å². The van der Waals surface area contributed by atoms with Gasteiger partial charge in [-0.15, -0.1) is 0 Å². The van der Waals surface area contributed by atoms with Gasteiger partial charge in [-0.3, -0.25) is 9.79 Å². The third-order valence-electron chi connectivity index (χ3n) is 4.06. The van der Waals surface area contributed by atoms with Crippen molar-refractivity contribution in [1.82, 2.24) is 15.5 Å². The van der Waals surface area contributed by atoms with Crippen LogP contribution in [0.5, 0.6) is 0 Å². The minimum absolute atomic E-state index is 0.0636. The first-order valence-corrected chi connectivity index (χ1v) is 9.12. The van der Waals surface area contributed by atoms with E-state index in [1.807, 2.05) is 12.1 Å². The predicted molar refractivity (Wildman–Crippen MR) is 111 cm³/mol. The number of nitrogens with zero attached hydrogens (tertiary/aromatic N) is 2. The van der Waals surface area contributed by atoms with Crippen LogP contribution in [0, 0.1) is 11.8 Å². The van der Waals surface area contributed by atoms with Crippen molar-refractivity contribution in [1.29, 1.82) is 0 Å². The van der Waals surface area contributed by atoms with Crippen molar-refractivity contribution in [3.63, 3.8) is 0 Å². The summed E-state index contributed by atoms with van der Waals surface area (Å²) in [6.07, 6.45) is -4.39. The summed E-state index contributed by atoms with van der Waals surface area (Å²) in [5.41, 5.74) is 1.14. The zero-order valence-electron chi connectivity index (χ0n) is 17.0. The van der Waals surface area contributed by atoms with Gasteiger partial charge in [-0.2, -0.15) is 13.2 Å². The average molecular weight is 416 g/mol. The Morgan fingerprint density at radius 3 is 2.40 bits per heavy atom. The molecule has 8 heteroatoms. The summed E-state index contributed by atoms with van der Waals surface area (Å²) in [6.45, 7) is 0.698. The van der Waals surface area contributed by atoms with Crippen LogP contribution in [0.25, 0.3) is 0 Å². The van der Waals surface area contributed by atoms with Crippen molar-refractivity contribution in [2.45, 2.75) is 12.7 Å². The summed E-state index contributed by atoms with van der Waals surface area (Å²) in [4.78, 5) is 17.5. The van der Waals surface area contributed by atoms with E-state index in [4.69, 9.17) is 0 Å². The fraction of sp³-hybridized carbons (Fsp3) is 0.273. The van der Waals surface area contributed by atoms with Crippen molar-refractivity contribution in [3.05, 3.63) is 70.8 Å². The standard InChI is InChI=1S/C22H23F3N4O/c1-26-21(28-15-17-9-11-18(12-10-17)20(30)29(2)3)27-13-5-7-16-6-4-8-19(14-16)22(23,24)25/h4,6,8-12,14H,13,15H2,1-3H3,(H2,26,27,28). The molecule has 0 fully saturated rings. The van der Waals surface area contributed by atoms with E-state index in [-0.39, 0.29) is 12.5 Å². The number of hydrogen-bond acceptors (Lipinski definition) is 2. The molecule has 2 N–H and O–H groups in total. The molecule has 0 heterocycles. The first-order valence-electron chi connectivity index (χ1n) is 9.12. The van der Waals surface area contributed by atoms with E-state index in [2.05, 4.69) is 27.5 Å². The Kier molecular flexibility index (Phi) is 7.87. The lowest BCUT2D eigenvalue weighted by molar-refractivity contribution is -0.137. The molecule has 0 aliphatic rings. The highest BCUT2D eigenvalue weighted by Gasteiger charge is 2.30. The van der Waals surface area contributed by atoms with Crippen LogP contribution in [-0.2, 0) is 12.7 Å². The molecule has 2 aromatic carbocycles. The predicted octanol–water partition coefficient (Wildman–Crippen LogP) is 3.12. The van der Waals surface area contributed by atoms with Crippen LogP contribution in [0.3, 0.4) is 0 Å². The fourth-order valence-electron chi connectivity index (χ4n) is 2.48. The molecule has 30 heavy (non-hydrogen) atoms. The van der Waals surface area contributed by atoms with E-state index in [9.17, 15) is 18.0 Å². The Morgan fingerprint density at radius 1 is 1.10 bits per heavy atom. The number of benzene rings is 2. The molecule has 0 atom stereocenters. The van der Waals surface area contributed by atoms with Gasteiger partial charge in [-0.25, -0.2) is 0 Å². The number of aliphatic imine (C=N–C) groups is 1. The van der Waals surface area contributed by atoms with Gasteiger partial charge in [-0.1, -0.05) is 30.0 Å². The van der Waals surface area contributed by atoms with Crippen molar-refractivity contribution < 1.29 is 18.0 Å². The maximum Gasteiger partial charge on any atom is 0.416 e. The molecule has 0 aromatic heterocycles. The second-order valence-electron chi connectivity index (χ2n) is 6.56. The summed E-state index contributed by atoms with van der Waals surface area (Å²) < 4.78 is 38.2. The average Bonchev–Trinajstić information content (AvgIpc) is 2.72. The molecular formula is C22H23F3N4O. The van der Waals surface area contributed by atoms with E-state index < -0.39 is 11.7 Å². The molecule has 158 valence electrons. The van der Waals surface area contributed by atoms with Gasteiger partial charge in [0, 0.05) is 38.8 Å². The molecule has 1 amide bonds. The maximum atomic E-state index is 12.7. The molecular weight excluding hydrogens is 393 g/mol. The number of guanidine groups is 1. The highest BCUT2D eigenvalue weighted by Crippen LogP contribution is 2.29. The summed E-state index contributed by atoms with van der Waals surface area (Å²) in [5.74, 6) is 5.93. The monoisotopic (exact) mass is 416 g/mol. The van der Waals surface area contributed by atoms with Crippen LogP contribution in [-0.4, -0.2) is 44.5 Å². The van der Waals surface area contributed by atoms with Crippen LogP contribution in [0.15, 0.2) is 53.5 Å². The second-order valence-corrected chi connectivity index (χ2v) is 6.56. The number of halogens is 3. The number of nitrogens with one attached hydrogen (secondary N) is 2. The molecule has 0 spiro atoms. The Labute approximate surface area is 174 Å². The number of alkyl halides is 3. The van der Waals surface area contributed by atoms with Crippen LogP contribution >= 0.6 is 0 Å². The number of hydrogen-bond donors (Lipinski definition) is 2. The van der Waals surface area contributed by atoms with Crippen molar-refractivity contribution >= 4 is 11.9 Å². The lowest BCUT2D eigenvalue weighted by Crippen LogP contribution is -2.36. The molecule has 0 saturated carbocycles. The van der Waals surface area contributed by atoms with Gasteiger partial charge in [0.15, 0.2) is 5.96 Å². The van der Waals surface area contributed by atoms with E-state index in [0.29, 0.717) is 23.6 Å². The Hall–Kier alpha value is -3.47. The van der Waals surface area contributed by atoms with E-state index in [1.165, 1.54) is 17.0 Å². The number of rotatable bonds is 4. The van der Waals surface area contributed by atoms with Gasteiger partial charge in [-0.05, 0) is 35.9 Å². The van der Waals surface area contributed by atoms with Crippen LogP contribution in [0.1, 0.15) is 27.0 Å². The highest BCUT2D eigenvalue weighted by atomic mass is 19.4. The van der Waals surface area contributed by atoms with Crippen molar-refractivity contribution in [2.24, 2.45) is 4.99 Å².